The van der Waals surface area contributed by atoms with E-state index < -0.39 is 0 Å². The van der Waals surface area contributed by atoms with E-state index in [-0.39, 0.29) is 17.7 Å². The minimum absolute atomic E-state index is 0.00911. The molecule has 2 amide bonds. The summed E-state index contributed by atoms with van der Waals surface area (Å²) in [4.78, 5) is 36.1. The molecule has 2 N–H and O–H groups in total. The van der Waals surface area contributed by atoms with Gasteiger partial charge in [0.2, 0.25) is 5.91 Å². The van der Waals surface area contributed by atoms with Crippen LogP contribution in [-0.2, 0) is 9.53 Å². The van der Waals surface area contributed by atoms with Gasteiger partial charge in [0.05, 0.1) is 30.8 Å². The first kappa shape index (κ1) is 23.7. The number of carbonyl (C=O) groups is 2. The molecular formula is C28H32N6O3. The van der Waals surface area contributed by atoms with E-state index >= 15 is 0 Å². The van der Waals surface area contributed by atoms with Crippen LogP contribution in [0.1, 0.15) is 47.3 Å². The fraction of sp³-hybridized carbons (Fsp3) is 0.429. The van der Waals surface area contributed by atoms with Crippen LogP contribution in [0.25, 0.3) is 22.5 Å². The van der Waals surface area contributed by atoms with Crippen LogP contribution in [-0.4, -0.2) is 70.5 Å². The minimum Gasteiger partial charge on any atom is -0.377 e. The summed E-state index contributed by atoms with van der Waals surface area (Å²) in [5.41, 5.74) is 6.32. The van der Waals surface area contributed by atoms with Crippen molar-refractivity contribution in [1.29, 1.82) is 0 Å². The lowest BCUT2D eigenvalue weighted by Crippen LogP contribution is -2.26. The van der Waals surface area contributed by atoms with E-state index in [4.69, 9.17) is 14.7 Å². The Morgan fingerprint density at radius 3 is 2.84 bits per heavy atom. The molecule has 4 heterocycles. The molecular weight excluding hydrogens is 468 g/mol. The van der Waals surface area contributed by atoms with Crippen LogP contribution >= 0.6 is 0 Å². The van der Waals surface area contributed by atoms with Crippen LogP contribution in [0.4, 0.5) is 5.82 Å². The first-order valence-electron chi connectivity index (χ1n) is 13.0. The molecule has 3 aliphatic rings. The summed E-state index contributed by atoms with van der Waals surface area (Å²) in [6.07, 6.45) is 9.45. The highest BCUT2D eigenvalue weighted by Crippen LogP contribution is 2.30. The van der Waals surface area contributed by atoms with Crippen molar-refractivity contribution in [2.45, 2.75) is 38.6 Å². The van der Waals surface area contributed by atoms with Crippen molar-refractivity contribution in [2.75, 3.05) is 38.7 Å². The first-order valence-corrected chi connectivity index (χ1v) is 13.0. The van der Waals surface area contributed by atoms with E-state index in [2.05, 4.69) is 21.1 Å². The summed E-state index contributed by atoms with van der Waals surface area (Å²) >= 11 is 0. The van der Waals surface area contributed by atoms with Gasteiger partial charge in [-0.15, -0.1) is 0 Å². The minimum atomic E-state index is -0.00911. The third-order valence-electron chi connectivity index (χ3n) is 7.44. The largest absolute Gasteiger partial charge is 0.377 e. The molecule has 2 fully saturated rings. The van der Waals surface area contributed by atoms with Crippen molar-refractivity contribution in [2.24, 2.45) is 5.92 Å². The number of hydrogen-bond acceptors (Lipinski definition) is 6. The molecule has 37 heavy (non-hydrogen) atoms. The Hall–Kier alpha value is -3.72. The van der Waals surface area contributed by atoms with Crippen LogP contribution in [0.3, 0.4) is 0 Å². The third kappa shape index (κ3) is 4.83. The molecule has 192 valence electrons. The molecule has 0 bridgehead atoms. The number of nitrogens with one attached hydrogen (secondary N) is 2. The molecule has 6 rings (SSSR count). The quantitative estimate of drug-likeness (QED) is 0.516. The van der Waals surface area contributed by atoms with Crippen LogP contribution in [0.15, 0.2) is 36.7 Å². The fourth-order valence-electron chi connectivity index (χ4n) is 5.14. The van der Waals surface area contributed by atoms with Crippen molar-refractivity contribution in [3.05, 3.63) is 53.5 Å². The lowest BCUT2D eigenvalue weighted by atomic mass is 10.0. The highest BCUT2D eigenvalue weighted by Gasteiger charge is 2.27. The Morgan fingerprint density at radius 1 is 1.27 bits per heavy atom. The standard InChI is InChI=1S/C28H32N6O3/c1-17-11-20(3-6-22(17)28(36)31-21-4-5-21)24-14-30-27-26(29-13-18-12-25(35)33(2)15-18)32-23(16-34(24)27)19-7-9-37-10-8-19/h3,6-7,11,14,16,18,21H,4-5,8-10,12-13,15H2,1-2H3,(H,29,32)(H,31,36). The van der Waals surface area contributed by atoms with E-state index in [1.54, 1.807) is 4.90 Å². The number of likely N-dealkylation sites (tertiary alicyclic amines) is 1. The molecule has 1 unspecified atom stereocenters. The van der Waals surface area contributed by atoms with E-state index in [1.165, 1.54) is 0 Å². The number of fused-ring (bicyclic) bond motifs is 1. The number of benzene rings is 1. The molecule has 9 heteroatoms. The van der Waals surface area contributed by atoms with Gasteiger partial charge in [0, 0.05) is 55.8 Å². The van der Waals surface area contributed by atoms with Crippen LogP contribution in [0.2, 0.25) is 0 Å². The average Bonchev–Trinajstić information content (AvgIpc) is 3.51. The highest BCUT2D eigenvalue weighted by atomic mass is 16.5. The van der Waals surface area contributed by atoms with Crippen molar-refractivity contribution < 1.29 is 14.3 Å². The predicted octanol–water partition coefficient (Wildman–Crippen LogP) is 3.29. The van der Waals surface area contributed by atoms with Gasteiger partial charge < -0.3 is 20.3 Å². The Kier molecular flexibility index (Phi) is 6.16. The number of hydrogen-bond donors (Lipinski definition) is 2. The van der Waals surface area contributed by atoms with Crippen molar-refractivity contribution in [3.63, 3.8) is 0 Å². The Bertz CT molecular complexity index is 1410. The molecule has 9 nitrogen and oxygen atoms in total. The Morgan fingerprint density at radius 2 is 2.14 bits per heavy atom. The molecule has 1 atom stereocenters. The predicted molar refractivity (Wildman–Crippen MR) is 141 cm³/mol. The van der Waals surface area contributed by atoms with Gasteiger partial charge in [-0.05, 0) is 49.5 Å². The molecule has 0 radical (unpaired) electrons. The van der Waals surface area contributed by atoms with Crippen molar-refractivity contribution in [1.82, 2.24) is 24.6 Å². The Labute approximate surface area is 215 Å². The molecule has 1 saturated carbocycles. The maximum Gasteiger partial charge on any atom is 0.251 e. The van der Waals surface area contributed by atoms with Gasteiger partial charge in [-0.25, -0.2) is 9.97 Å². The molecule has 1 aromatic carbocycles. The number of amides is 2. The number of nitrogens with zero attached hydrogens (tertiary/aromatic N) is 4. The van der Waals surface area contributed by atoms with Gasteiger partial charge in [0.15, 0.2) is 11.5 Å². The van der Waals surface area contributed by atoms with Crippen molar-refractivity contribution >= 4 is 28.9 Å². The number of ether oxygens (including phenoxy) is 1. The third-order valence-corrected chi connectivity index (χ3v) is 7.44. The summed E-state index contributed by atoms with van der Waals surface area (Å²) in [7, 11) is 1.85. The SMILES string of the molecule is Cc1cc(-c2cnc3c(NCC4CC(=O)N(C)C4)nc(C4=CCOCC4)cn23)ccc1C(=O)NC1CC1. The second kappa shape index (κ2) is 9.63. The summed E-state index contributed by atoms with van der Waals surface area (Å²) in [6.45, 7) is 4.61. The number of anilines is 1. The van der Waals surface area contributed by atoms with E-state index in [0.29, 0.717) is 43.6 Å². The Balaban J connectivity index is 1.35. The molecule has 1 saturated heterocycles. The molecule has 2 aliphatic heterocycles. The normalized spacial score (nSPS) is 19.8. The first-order chi connectivity index (χ1) is 18.0. The number of rotatable bonds is 7. The summed E-state index contributed by atoms with van der Waals surface area (Å²) in [5.74, 6) is 1.11. The maximum absolute atomic E-state index is 12.6. The zero-order valence-corrected chi connectivity index (χ0v) is 21.3. The monoisotopic (exact) mass is 500 g/mol. The van der Waals surface area contributed by atoms with E-state index in [9.17, 15) is 9.59 Å². The van der Waals surface area contributed by atoms with Gasteiger partial charge in [-0.3, -0.25) is 14.0 Å². The fourth-order valence-corrected chi connectivity index (χ4v) is 5.14. The van der Waals surface area contributed by atoms with Gasteiger partial charge in [-0.2, -0.15) is 0 Å². The molecule has 2 aromatic heterocycles. The topological polar surface area (TPSA) is 101 Å². The van der Waals surface area contributed by atoms with E-state index in [0.717, 1.165) is 59.5 Å². The second-order valence-electron chi connectivity index (χ2n) is 10.4. The summed E-state index contributed by atoms with van der Waals surface area (Å²) in [5, 5.41) is 6.56. The van der Waals surface area contributed by atoms with Gasteiger partial charge in [-0.1, -0.05) is 12.1 Å². The number of carbonyl (C=O) groups excluding carboxylic acids is 2. The number of aryl methyl sites for hydroxylation is 1. The second-order valence-corrected chi connectivity index (χ2v) is 10.4. The van der Waals surface area contributed by atoms with Gasteiger partial charge in [0.1, 0.15) is 0 Å². The zero-order chi connectivity index (χ0) is 25.5. The van der Waals surface area contributed by atoms with E-state index in [1.807, 2.05) is 44.6 Å². The summed E-state index contributed by atoms with van der Waals surface area (Å²) in [6, 6.07) is 6.26. The molecule has 1 aliphatic carbocycles. The van der Waals surface area contributed by atoms with Crippen LogP contribution < -0.4 is 10.6 Å². The smallest absolute Gasteiger partial charge is 0.251 e. The van der Waals surface area contributed by atoms with Gasteiger partial charge in [0.25, 0.3) is 5.91 Å². The average molecular weight is 501 g/mol. The zero-order valence-electron chi connectivity index (χ0n) is 21.3. The maximum atomic E-state index is 12.6. The highest BCUT2D eigenvalue weighted by molar-refractivity contribution is 5.96. The van der Waals surface area contributed by atoms with Gasteiger partial charge >= 0.3 is 0 Å². The van der Waals surface area contributed by atoms with Crippen LogP contribution in [0, 0.1) is 12.8 Å². The van der Waals surface area contributed by atoms with Crippen molar-refractivity contribution in [3.8, 4) is 11.3 Å². The summed E-state index contributed by atoms with van der Waals surface area (Å²) < 4.78 is 7.59. The molecule has 0 spiro atoms. The lowest BCUT2D eigenvalue weighted by molar-refractivity contribution is -0.126. The lowest BCUT2D eigenvalue weighted by Gasteiger charge is -2.17. The number of aromatic nitrogens is 3. The van der Waals surface area contributed by atoms with Crippen LogP contribution in [0.5, 0.6) is 0 Å². The number of imidazole rings is 1. The molecule has 3 aromatic rings.